The van der Waals surface area contributed by atoms with E-state index in [4.69, 9.17) is 0 Å². The normalized spacial score (nSPS) is 21.7. The van der Waals surface area contributed by atoms with E-state index >= 15 is 0 Å². The molecular weight excluding hydrogens is 360 g/mol. The summed E-state index contributed by atoms with van der Waals surface area (Å²) in [5.74, 6) is 0.488. The van der Waals surface area contributed by atoms with Gasteiger partial charge in [0.15, 0.2) is 0 Å². The van der Waals surface area contributed by atoms with E-state index in [2.05, 4.69) is 29.6 Å². The molecule has 2 unspecified atom stereocenters. The molecule has 2 atom stereocenters. The number of aryl methyl sites for hydroxylation is 2. The van der Waals surface area contributed by atoms with Crippen LogP contribution in [0.2, 0.25) is 0 Å². The summed E-state index contributed by atoms with van der Waals surface area (Å²) in [5, 5.41) is 3.05. The molecule has 152 valence electrons. The smallest absolute Gasteiger partial charge is 0.228 e. The number of hydrogen-bond donors (Lipinski definition) is 1. The Morgan fingerprint density at radius 3 is 2.24 bits per heavy atom. The first-order chi connectivity index (χ1) is 14.0. The maximum absolute atomic E-state index is 12.9. The molecule has 0 bridgehead atoms. The molecule has 29 heavy (non-hydrogen) atoms. The summed E-state index contributed by atoms with van der Waals surface area (Å²) >= 11 is 0. The lowest BCUT2D eigenvalue weighted by Crippen LogP contribution is -2.40. The van der Waals surface area contributed by atoms with E-state index in [1.165, 1.54) is 5.56 Å². The highest BCUT2D eigenvalue weighted by molar-refractivity contribution is 6.00. The predicted octanol–water partition coefficient (Wildman–Crippen LogP) is 4.36. The Morgan fingerprint density at radius 2 is 1.59 bits per heavy atom. The Kier molecular flexibility index (Phi) is 5.70. The topological polar surface area (TPSA) is 49.4 Å². The molecule has 2 aromatic rings. The molecule has 4 nitrogen and oxygen atoms in total. The molecule has 0 spiro atoms. The average molecular weight is 391 g/mol. The molecule has 2 aliphatic rings. The van der Waals surface area contributed by atoms with Crippen LogP contribution >= 0.6 is 0 Å². The van der Waals surface area contributed by atoms with Gasteiger partial charge < -0.3 is 10.2 Å². The van der Waals surface area contributed by atoms with Crippen molar-refractivity contribution in [2.45, 2.75) is 39.5 Å². The summed E-state index contributed by atoms with van der Waals surface area (Å²) < 4.78 is 0. The minimum atomic E-state index is -0.177. The fourth-order valence-electron chi connectivity index (χ4n) is 4.52. The SMILES string of the molecule is Cc1cccc(C)c1NC(=O)C1CC1C(=O)N1CCC(Cc2ccccc2)CC1. The van der Waals surface area contributed by atoms with E-state index in [1.807, 2.05) is 43.0 Å². The molecule has 1 aliphatic carbocycles. The van der Waals surface area contributed by atoms with Crippen molar-refractivity contribution in [3.05, 3.63) is 65.2 Å². The van der Waals surface area contributed by atoms with Crippen molar-refractivity contribution in [1.29, 1.82) is 0 Å². The van der Waals surface area contributed by atoms with Crippen LogP contribution in [0.3, 0.4) is 0 Å². The van der Waals surface area contributed by atoms with Gasteiger partial charge in [0.1, 0.15) is 0 Å². The van der Waals surface area contributed by atoms with Gasteiger partial charge in [0.2, 0.25) is 11.8 Å². The number of carbonyl (C=O) groups is 2. The van der Waals surface area contributed by atoms with E-state index in [-0.39, 0.29) is 23.7 Å². The van der Waals surface area contributed by atoms with Crippen molar-refractivity contribution >= 4 is 17.5 Å². The summed E-state index contributed by atoms with van der Waals surface area (Å²) in [6.45, 7) is 5.63. The molecule has 1 saturated carbocycles. The van der Waals surface area contributed by atoms with E-state index in [9.17, 15) is 9.59 Å². The van der Waals surface area contributed by atoms with Crippen molar-refractivity contribution in [2.24, 2.45) is 17.8 Å². The van der Waals surface area contributed by atoms with Crippen LogP contribution in [0.25, 0.3) is 0 Å². The van der Waals surface area contributed by atoms with Crippen molar-refractivity contribution in [2.75, 3.05) is 18.4 Å². The standard InChI is InChI=1S/C25H30N2O2/c1-17-7-6-8-18(2)23(17)26-24(28)21-16-22(21)25(29)27-13-11-20(12-14-27)15-19-9-4-3-5-10-19/h3-10,20-22H,11-16H2,1-2H3,(H,26,28). The van der Waals surface area contributed by atoms with Gasteiger partial charge in [-0.3, -0.25) is 9.59 Å². The molecule has 0 radical (unpaired) electrons. The number of nitrogens with one attached hydrogen (secondary N) is 1. The number of nitrogens with zero attached hydrogens (tertiary/aromatic N) is 1. The molecule has 1 heterocycles. The number of hydrogen-bond acceptors (Lipinski definition) is 2. The molecule has 2 amide bonds. The molecule has 4 heteroatoms. The third kappa shape index (κ3) is 4.52. The van der Waals surface area contributed by atoms with Gasteiger partial charge >= 0.3 is 0 Å². The Balaban J connectivity index is 1.27. The fourth-order valence-corrected chi connectivity index (χ4v) is 4.52. The van der Waals surface area contributed by atoms with Crippen molar-refractivity contribution < 1.29 is 9.59 Å². The largest absolute Gasteiger partial charge is 0.342 e. The highest BCUT2D eigenvalue weighted by Crippen LogP contribution is 2.42. The number of piperidine rings is 1. The Labute approximate surface area is 173 Å². The van der Waals surface area contributed by atoms with Gasteiger partial charge in [-0.05, 0) is 62.1 Å². The van der Waals surface area contributed by atoms with E-state index in [0.29, 0.717) is 12.3 Å². The first kappa shape index (κ1) is 19.7. The number of likely N-dealkylation sites (tertiary alicyclic amines) is 1. The maximum Gasteiger partial charge on any atom is 0.228 e. The number of rotatable bonds is 5. The Hall–Kier alpha value is -2.62. The third-order valence-electron chi connectivity index (χ3n) is 6.47. The van der Waals surface area contributed by atoms with Crippen LogP contribution in [0, 0.1) is 31.6 Å². The second-order valence-electron chi connectivity index (χ2n) is 8.66. The van der Waals surface area contributed by atoms with Crippen LogP contribution in [0.15, 0.2) is 48.5 Å². The maximum atomic E-state index is 12.9. The molecule has 4 rings (SSSR count). The second kappa shape index (κ2) is 8.40. The number of amides is 2. The van der Waals surface area contributed by atoms with Gasteiger partial charge in [0.05, 0.1) is 11.8 Å². The quantitative estimate of drug-likeness (QED) is 0.825. The zero-order chi connectivity index (χ0) is 20.4. The first-order valence-electron chi connectivity index (χ1n) is 10.7. The second-order valence-corrected chi connectivity index (χ2v) is 8.66. The van der Waals surface area contributed by atoms with Gasteiger partial charge in [0.25, 0.3) is 0 Å². The van der Waals surface area contributed by atoms with E-state index < -0.39 is 0 Å². The lowest BCUT2D eigenvalue weighted by atomic mass is 9.90. The molecule has 2 fully saturated rings. The molecule has 2 aromatic carbocycles. The van der Waals surface area contributed by atoms with Crippen LogP contribution in [-0.2, 0) is 16.0 Å². The van der Waals surface area contributed by atoms with Crippen LogP contribution in [-0.4, -0.2) is 29.8 Å². The highest BCUT2D eigenvalue weighted by atomic mass is 16.2. The number of para-hydroxylation sites is 1. The predicted molar refractivity (Wildman–Crippen MR) is 116 cm³/mol. The van der Waals surface area contributed by atoms with Crippen LogP contribution in [0.4, 0.5) is 5.69 Å². The molecule has 0 aromatic heterocycles. The van der Waals surface area contributed by atoms with E-state index in [0.717, 1.165) is 49.2 Å². The minimum absolute atomic E-state index is 0.0142. The molecule has 1 aliphatic heterocycles. The summed E-state index contributed by atoms with van der Waals surface area (Å²) in [5.41, 5.74) is 4.38. The lowest BCUT2D eigenvalue weighted by molar-refractivity contribution is -0.135. The van der Waals surface area contributed by atoms with Gasteiger partial charge in [-0.25, -0.2) is 0 Å². The Bertz CT molecular complexity index is 865. The first-order valence-corrected chi connectivity index (χ1v) is 10.7. The number of carbonyl (C=O) groups excluding carboxylic acids is 2. The zero-order valence-electron chi connectivity index (χ0n) is 17.4. The lowest BCUT2D eigenvalue weighted by Gasteiger charge is -2.32. The van der Waals surface area contributed by atoms with Crippen LogP contribution in [0.5, 0.6) is 0 Å². The molecular formula is C25H30N2O2. The van der Waals surface area contributed by atoms with Crippen molar-refractivity contribution in [3.63, 3.8) is 0 Å². The van der Waals surface area contributed by atoms with Crippen molar-refractivity contribution in [1.82, 2.24) is 4.90 Å². The van der Waals surface area contributed by atoms with Gasteiger partial charge in [-0.2, -0.15) is 0 Å². The zero-order valence-corrected chi connectivity index (χ0v) is 17.4. The fraction of sp³-hybridized carbons (Fsp3) is 0.440. The van der Waals surface area contributed by atoms with Crippen molar-refractivity contribution in [3.8, 4) is 0 Å². The number of anilines is 1. The summed E-state index contributed by atoms with van der Waals surface area (Å²) in [6, 6.07) is 16.6. The van der Waals surface area contributed by atoms with Crippen LogP contribution < -0.4 is 5.32 Å². The third-order valence-corrected chi connectivity index (χ3v) is 6.47. The van der Waals surface area contributed by atoms with Gasteiger partial charge in [-0.1, -0.05) is 48.5 Å². The average Bonchev–Trinajstić information content (AvgIpc) is 3.53. The number of benzene rings is 2. The minimum Gasteiger partial charge on any atom is -0.342 e. The molecule has 1 saturated heterocycles. The molecule has 1 N–H and O–H groups in total. The summed E-state index contributed by atoms with van der Waals surface area (Å²) in [4.78, 5) is 27.5. The highest BCUT2D eigenvalue weighted by Gasteiger charge is 2.49. The summed E-state index contributed by atoms with van der Waals surface area (Å²) in [7, 11) is 0. The van der Waals surface area contributed by atoms with Gasteiger partial charge in [-0.15, -0.1) is 0 Å². The van der Waals surface area contributed by atoms with Crippen LogP contribution in [0.1, 0.15) is 36.0 Å². The van der Waals surface area contributed by atoms with Gasteiger partial charge in [0, 0.05) is 18.8 Å². The Morgan fingerprint density at radius 1 is 0.931 bits per heavy atom. The van der Waals surface area contributed by atoms with E-state index in [1.54, 1.807) is 0 Å². The summed E-state index contributed by atoms with van der Waals surface area (Å²) in [6.07, 6.45) is 3.87. The monoisotopic (exact) mass is 390 g/mol.